The molecule has 0 amide bonds. The van der Waals surface area contributed by atoms with Crippen LogP contribution in [-0.4, -0.2) is 54.9 Å². The van der Waals surface area contributed by atoms with E-state index in [4.69, 9.17) is 4.74 Å². The van der Waals surface area contributed by atoms with Crippen LogP contribution in [0, 0.1) is 0 Å². The van der Waals surface area contributed by atoms with Crippen LogP contribution in [0.4, 0.5) is 0 Å². The van der Waals surface area contributed by atoms with Crippen LogP contribution in [0.3, 0.4) is 0 Å². The van der Waals surface area contributed by atoms with E-state index in [0.717, 1.165) is 27.8 Å². The van der Waals surface area contributed by atoms with Crippen LogP contribution in [-0.2, 0) is 45.6 Å². The molecule has 0 aliphatic heterocycles. The van der Waals surface area contributed by atoms with Crippen LogP contribution in [0.15, 0.2) is 63.0 Å². The lowest BCUT2D eigenvalue weighted by molar-refractivity contribution is -0.137. The van der Waals surface area contributed by atoms with Gasteiger partial charge in [0.25, 0.3) is 5.56 Å². The van der Waals surface area contributed by atoms with Gasteiger partial charge in [0.1, 0.15) is 11.4 Å². The summed E-state index contributed by atoms with van der Waals surface area (Å²) in [5, 5.41) is 9.60. The molecule has 2 N–H and O–H groups in total. The molecular weight excluding hydrogens is 575 g/mol. The summed E-state index contributed by atoms with van der Waals surface area (Å²) >= 11 is 2.71. The number of hydrogen-bond acceptors (Lipinski definition) is 8. The Morgan fingerprint density at radius 2 is 1.80 bits per heavy atom. The summed E-state index contributed by atoms with van der Waals surface area (Å²) in [4.78, 5) is 40.8. The molecule has 2 aromatic heterocycles. The van der Waals surface area contributed by atoms with Crippen LogP contribution in [0.1, 0.15) is 16.7 Å². The highest BCUT2D eigenvalue weighted by molar-refractivity contribution is 7.98. The highest BCUT2D eigenvalue weighted by atomic mass is 32.2. The first-order valence-corrected chi connectivity index (χ1v) is 16.1. The number of rotatable bonds is 12. The van der Waals surface area contributed by atoms with Crippen molar-refractivity contribution in [3.05, 3.63) is 86.1 Å². The van der Waals surface area contributed by atoms with E-state index >= 15 is 0 Å². The topological polar surface area (TPSA) is 137 Å². The van der Waals surface area contributed by atoms with Crippen molar-refractivity contribution < 1.29 is 23.1 Å². The molecule has 0 saturated heterocycles. The largest absolute Gasteiger partial charge is 0.480 e. The SMILES string of the molecule is COCCc1ccc(-c2sc3c(c2CNS(C)(=O)=O)c(=O)n(CC(=O)O)c(=O)n3Cc2ccccc2SC)cc1. The number of benzene rings is 2. The highest BCUT2D eigenvalue weighted by Gasteiger charge is 2.25. The summed E-state index contributed by atoms with van der Waals surface area (Å²) in [6, 6.07) is 15.1. The minimum atomic E-state index is -3.64. The fourth-order valence-electron chi connectivity index (χ4n) is 4.38. The lowest BCUT2D eigenvalue weighted by Gasteiger charge is -2.13. The van der Waals surface area contributed by atoms with E-state index in [0.29, 0.717) is 32.9 Å². The quantitative estimate of drug-likeness (QED) is 0.236. The number of nitrogens with one attached hydrogen (secondary N) is 1. The number of carbonyl (C=O) groups is 1. The van der Waals surface area contributed by atoms with Crippen molar-refractivity contribution in [1.29, 1.82) is 0 Å². The zero-order valence-electron chi connectivity index (χ0n) is 22.2. The summed E-state index contributed by atoms with van der Waals surface area (Å²) in [6.07, 6.45) is 3.64. The zero-order chi connectivity index (χ0) is 29.0. The maximum Gasteiger partial charge on any atom is 0.332 e. The molecule has 0 aliphatic rings. The number of ether oxygens (including phenoxy) is 1. The number of sulfonamides is 1. The number of hydrogen-bond donors (Lipinski definition) is 2. The molecule has 0 bridgehead atoms. The van der Waals surface area contributed by atoms with Crippen molar-refractivity contribution in [2.45, 2.75) is 31.0 Å². The summed E-state index contributed by atoms with van der Waals surface area (Å²) in [5.41, 5.74) is 1.46. The van der Waals surface area contributed by atoms with E-state index in [1.165, 1.54) is 27.7 Å². The summed E-state index contributed by atoms with van der Waals surface area (Å²) in [7, 11) is -2.01. The Balaban J connectivity index is 2.02. The second-order valence-corrected chi connectivity index (χ2v) is 12.8. The van der Waals surface area contributed by atoms with Crippen LogP contribution >= 0.6 is 23.1 Å². The first-order chi connectivity index (χ1) is 19.0. The molecule has 40 heavy (non-hydrogen) atoms. The normalized spacial score (nSPS) is 11.8. The maximum absolute atomic E-state index is 13.7. The lowest BCUT2D eigenvalue weighted by Crippen LogP contribution is -2.41. The molecule has 0 atom stereocenters. The lowest BCUT2D eigenvalue weighted by atomic mass is 10.0. The van der Waals surface area contributed by atoms with Gasteiger partial charge in [0, 0.05) is 29.0 Å². The average molecular weight is 604 g/mol. The van der Waals surface area contributed by atoms with Crippen LogP contribution in [0.2, 0.25) is 0 Å². The van der Waals surface area contributed by atoms with Gasteiger partial charge >= 0.3 is 11.7 Å². The Morgan fingerprint density at radius 3 is 2.42 bits per heavy atom. The molecule has 0 saturated carbocycles. The summed E-state index contributed by atoms with van der Waals surface area (Å²) in [5.74, 6) is -1.34. The second-order valence-electron chi connectivity index (χ2n) is 9.09. The van der Waals surface area contributed by atoms with Gasteiger partial charge in [0.05, 0.1) is 24.8 Å². The molecule has 0 spiro atoms. The number of thioether (sulfide) groups is 1. The van der Waals surface area contributed by atoms with E-state index < -0.39 is 33.8 Å². The first-order valence-electron chi connectivity index (χ1n) is 12.2. The highest BCUT2D eigenvalue weighted by Crippen LogP contribution is 2.37. The van der Waals surface area contributed by atoms with Gasteiger partial charge in [-0.3, -0.25) is 14.2 Å². The monoisotopic (exact) mass is 603 g/mol. The van der Waals surface area contributed by atoms with Crippen molar-refractivity contribution in [3.63, 3.8) is 0 Å². The number of aromatic nitrogens is 2. The number of thiophene rings is 1. The first kappa shape index (κ1) is 29.7. The minimum Gasteiger partial charge on any atom is -0.480 e. The second kappa shape index (κ2) is 12.5. The molecule has 0 fully saturated rings. The minimum absolute atomic E-state index is 0.0983. The molecular formula is C27H29N3O7S3. The number of aliphatic carboxylic acids is 1. The van der Waals surface area contributed by atoms with Gasteiger partial charge in [-0.15, -0.1) is 23.1 Å². The molecule has 2 aromatic carbocycles. The van der Waals surface area contributed by atoms with Crippen molar-refractivity contribution in [1.82, 2.24) is 13.9 Å². The van der Waals surface area contributed by atoms with E-state index in [1.54, 1.807) is 7.11 Å². The van der Waals surface area contributed by atoms with Crippen LogP contribution in [0.5, 0.6) is 0 Å². The van der Waals surface area contributed by atoms with Crippen molar-refractivity contribution >= 4 is 49.3 Å². The van der Waals surface area contributed by atoms with Crippen molar-refractivity contribution in [2.24, 2.45) is 0 Å². The third-order valence-electron chi connectivity index (χ3n) is 6.29. The Morgan fingerprint density at radius 1 is 1.10 bits per heavy atom. The molecule has 13 heteroatoms. The molecule has 212 valence electrons. The summed E-state index contributed by atoms with van der Waals surface area (Å²) in [6.45, 7) is -0.378. The molecule has 0 aliphatic carbocycles. The van der Waals surface area contributed by atoms with Gasteiger partial charge in [0.2, 0.25) is 10.0 Å². The number of carboxylic acid groups (broad SMARTS) is 1. The predicted molar refractivity (Wildman–Crippen MR) is 158 cm³/mol. The number of methoxy groups -OCH3 is 1. The van der Waals surface area contributed by atoms with Crippen LogP contribution < -0.4 is 16.0 Å². The van der Waals surface area contributed by atoms with Gasteiger partial charge in [-0.1, -0.05) is 42.5 Å². The maximum atomic E-state index is 13.7. The van der Waals surface area contributed by atoms with Gasteiger partial charge in [-0.05, 0) is 35.4 Å². The third kappa shape index (κ3) is 6.56. The Hall–Kier alpha value is -3.23. The van der Waals surface area contributed by atoms with Gasteiger partial charge in [0.15, 0.2) is 0 Å². The van der Waals surface area contributed by atoms with Gasteiger partial charge in [-0.2, -0.15) is 0 Å². The predicted octanol–water partition coefficient (Wildman–Crippen LogP) is 2.98. The standard InChI is InChI=1S/C27H29N3O7S3/c1-37-13-12-17-8-10-18(11-9-17)24-20(14-28-40(3,35)36)23-25(33)29(16-22(31)32)27(34)30(26(23)39-24)15-19-6-4-5-7-21(19)38-2/h4-11,28H,12-16H2,1-3H3,(H,31,32). The third-order valence-corrected chi connectivity index (χ3v) is 9.10. The van der Waals surface area contributed by atoms with Crippen molar-refractivity contribution in [2.75, 3.05) is 26.2 Å². The molecule has 10 nitrogen and oxygen atoms in total. The van der Waals surface area contributed by atoms with Gasteiger partial charge in [-0.25, -0.2) is 22.5 Å². The number of nitrogens with zero attached hydrogens (tertiary/aromatic N) is 2. The summed E-state index contributed by atoms with van der Waals surface area (Å²) < 4.78 is 33.8. The van der Waals surface area contributed by atoms with E-state index in [-0.39, 0.29) is 18.5 Å². The van der Waals surface area contributed by atoms with Crippen LogP contribution in [0.25, 0.3) is 20.7 Å². The fraction of sp³-hybridized carbons (Fsp3) is 0.296. The molecule has 2 heterocycles. The fourth-order valence-corrected chi connectivity index (χ4v) is 6.71. The molecule has 0 unspecified atom stereocenters. The Labute approximate surface area is 239 Å². The average Bonchev–Trinajstić information content (AvgIpc) is 3.30. The van der Waals surface area contributed by atoms with E-state index in [2.05, 4.69) is 4.72 Å². The number of fused-ring (bicyclic) bond motifs is 1. The van der Waals surface area contributed by atoms with Gasteiger partial charge < -0.3 is 9.84 Å². The Kier molecular flexibility index (Phi) is 9.31. The molecule has 4 rings (SSSR count). The van der Waals surface area contributed by atoms with E-state index in [9.17, 15) is 27.9 Å². The Bertz CT molecular complexity index is 1770. The van der Waals surface area contributed by atoms with Crippen molar-refractivity contribution in [3.8, 4) is 10.4 Å². The molecule has 4 aromatic rings. The number of carboxylic acids is 1. The zero-order valence-corrected chi connectivity index (χ0v) is 24.6. The molecule has 0 radical (unpaired) electrons. The van der Waals surface area contributed by atoms with E-state index in [1.807, 2.05) is 54.8 Å². The smallest absolute Gasteiger partial charge is 0.332 e.